The lowest BCUT2D eigenvalue weighted by Gasteiger charge is -2.20. The molecule has 2 heteroatoms. The fraction of sp³-hybridized carbons (Fsp3) is 0.647. The quantitative estimate of drug-likeness (QED) is 0.710. The molecule has 2 nitrogen and oxygen atoms in total. The van der Waals surface area contributed by atoms with Gasteiger partial charge in [0.2, 0.25) is 0 Å². The number of aryl methyl sites for hydroxylation is 1. The lowest BCUT2D eigenvalue weighted by atomic mass is 10.1. The number of benzene rings is 1. The molecule has 1 N–H and O–H groups in total. The van der Waals surface area contributed by atoms with Crippen molar-refractivity contribution >= 4 is 0 Å². The van der Waals surface area contributed by atoms with Gasteiger partial charge in [-0.3, -0.25) is 0 Å². The predicted octanol–water partition coefficient (Wildman–Crippen LogP) is 4.19. The second-order valence-electron chi connectivity index (χ2n) is 6.13. The zero-order valence-corrected chi connectivity index (χ0v) is 13.0. The van der Waals surface area contributed by atoms with Gasteiger partial charge in [0, 0.05) is 5.54 Å². The van der Waals surface area contributed by atoms with Gasteiger partial charge in [0.05, 0.1) is 6.61 Å². The minimum atomic E-state index is 0.195. The van der Waals surface area contributed by atoms with E-state index in [9.17, 15) is 0 Å². The molecule has 0 radical (unpaired) electrons. The van der Waals surface area contributed by atoms with Gasteiger partial charge in [-0.1, -0.05) is 25.5 Å². The SMILES string of the molecule is CCCCc1ccc(OCCCNC(C)(C)C)cc1. The van der Waals surface area contributed by atoms with E-state index in [1.165, 1.54) is 24.8 Å². The van der Waals surface area contributed by atoms with E-state index in [0.717, 1.165) is 25.3 Å². The van der Waals surface area contributed by atoms with Crippen LogP contribution >= 0.6 is 0 Å². The number of unbranched alkanes of at least 4 members (excludes halogenated alkanes) is 1. The van der Waals surface area contributed by atoms with E-state index in [1.54, 1.807) is 0 Å². The zero-order valence-electron chi connectivity index (χ0n) is 13.0. The Kier molecular flexibility index (Phi) is 6.93. The Bertz CT molecular complexity index is 337. The Balaban J connectivity index is 2.19. The third-order valence-electron chi connectivity index (χ3n) is 2.99. The molecule has 0 bridgehead atoms. The van der Waals surface area contributed by atoms with E-state index in [4.69, 9.17) is 4.74 Å². The van der Waals surface area contributed by atoms with Crippen molar-refractivity contribution in [3.8, 4) is 5.75 Å². The van der Waals surface area contributed by atoms with Crippen LogP contribution in [0.15, 0.2) is 24.3 Å². The summed E-state index contributed by atoms with van der Waals surface area (Å²) in [6, 6.07) is 8.53. The molecule has 0 fully saturated rings. The summed E-state index contributed by atoms with van der Waals surface area (Å²) in [7, 11) is 0. The maximum absolute atomic E-state index is 5.74. The van der Waals surface area contributed by atoms with Gasteiger partial charge in [-0.05, 0) is 64.3 Å². The van der Waals surface area contributed by atoms with Gasteiger partial charge in [0.1, 0.15) is 5.75 Å². The summed E-state index contributed by atoms with van der Waals surface area (Å²) >= 11 is 0. The predicted molar refractivity (Wildman–Crippen MR) is 82.9 cm³/mol. The molecule has 0 saturated heterocycles. The van der Waals surface area contributed by atoms with E-state index in [1.807, 2.05) is 0 Å². The number of hydrogen-bond donors (Lipinski definition) is 1. The Labute approximate surface area is 118 Å². The largest absolute Gasteiger partial charge is 0.494 e. The summed E-state index contributed by atoms with van der Waals surface area (Å²) in [6.07, 6.45) is 4.72. The second-order valence-corrected chi connectivity index (χ2v) is 6.13. The molecule has 0 aliphatic carbocycles. The molecule has 108 valence electrons. The summed E-state index contributed by atoms with van der Waals surface area (Å²) in [5.41, 5.74) is 1.60. The smallest absolute Gasteiger partial charge is 0.119 e. The normalized spacial score (nSPS) is 11.6. The van der Waals surface area contributed by atoms with Crippen LogP contribution in [0.4, 0.5) is 0 Å². The van der Waals surface area contributed by atoms with Crippen molar-refractivity contribution in [1.82, 2.24) is 5.32 Å². The molecule has 0 aliphatic rings. The molecule has 0 amide bonds. The van der Waals surface area contributed by atoms with Crippen molar-refractivity contribution in [2.24, 2.45) is 0 Å². The fourth-order valence-electron chi connectivity index (χ4n) is 1.86. The van der Waals surface area contributed by atoms with Crippen molar-refractivity contribution < 1.29 is 4.74 Å². The molecular formula is C17H29NO. The molecule has 0 aromatic heterocycles. The Morgan fingerprint density at radius 1 is 1.05 bits per heavy atom. The number of rotatable bonds is 8. The summed E-state index contributed by atoms with van der Waals surface area (Å²) < 4.78 is 5.74. The van der Waals surface area contributed by atoms with Crippen LogP contribution < -0.4 is 10.1 Å². The Hall–Kier alpha value is -1.02. The highest BCUT2D eigenvalue weighted by Gasteiger charge is 2.07. The van der Waals surface area contributed by atoms with Crippen LogP contribution in [-0.2, 0) is 6.42 Å². The average Bonchev–Trinajstić information content (AvgIpc) is 2.36. The summed E-state index contributed by atoms with van der Waals surface area (Å²) in [4.78, 5) is 0. The lowest BCUT2D eigenvalue weighted by Crippen LogP contribution is -2.36. The second kappa shape index (κ2) is 8.21. The Morgan fingerprint density at radius 2 is 1.74 bits per heavy atom. The van der Waals surface area contributed by atoms with Crippen LogP contribution in [0.2, 0.25) is 0 Å². The molecule has 0 spiro atoms. The van der Waals surface area contributed by atoms with Crippen molar-refractivity contribution in [1.29, 1.82) is 0 Å². The van der Waals surface area contributed by atoms with Gasteiger partial charge in [-0.15, -0.1) is 0 Å². The minimum Gasteiger partial charge on any atom is -0.494 e. The first-order valence-corrected chi connectivity index (χ1v) is 7.48. The van der Waals surface area contributed by atoms with E-state index < -0.39 is 0 Å². The van der Waals surface area contributed by atoms with Crippen molar-refractivity contribution in [3.05, 3.63) is 29.8 Å². The molecule has 1 aromatic carbocycles. The van der Waals surface area contributed by atoms with E-state index in [-0.39, 0.29) is 5.54 Å². The van der Waals surface area contributed by atoms with Crippen LogP contribution in [0.25, 0.3) is 0 Å². The third-order valence-corrected chi connectivity index (χ3v) is 2.99. The van der Waals surface area contributed by atoms with Crippen LogP contribution in [0.3, 0.4) is 0 Å². The average molecular weight is 263 g/mol. The van der Waals surface area contributed by atoms with Gasteiger partial charge in [-0.25, -0.2) is 0 Å². The van der Waals surface area contributed by atoms with Gasteiger partial charge < -0.3 is 10.1 Å². The van der Waals surface area contributed by atoms with Crippen molar-refractivity contribution in [3.63, 3.8) is 0 Å². The number of nitrogens with one attached hydrogen (secondary N) is 1. The third kappa shape index (κ3) is 7.89. The molecule has 0 unspecified atom stereocenters. The van der Waals surface area contributed by atoms with Crippen LogP contribution in [0, 0.1) is 0 Å². The molecule has 0 heterocycles. The van der Waals surface area contributed by atoms with Gasteiger partial charge in [0.15, 0.2) is 0 Å². The maximum Gasteiger partial charge on any atom is 0.119 e. The molecular weight excluding hydrogens is 234 g/mol. The minimum absolute atomic E-state index is 0.195. The Morgan fingerprint density at radius 3 is 2.32 bits per heavy atom. The highest BCUT2D eigenvalue weighted by Crippen LogP contribution is 2.14. The zero-order chi connectivity index (χ0) is 14.1. The van der Waals surface area contributed by atoms with E-state index in [0.29, 0.717) is 0 Å². The topological polar surface area (TPSA) is 21.3 Å². The fourth-order valence-corrected chi connectivity index (χ4v) is 1.86. The molecule has 0 saturated carbocycles. The van der Waals surface area contributed by atoms with Gasteiger partial charge >= 0.3 is 0 Å². The maximum atomic E-state index is 5.74. The molecule has 0 aliphatic heterocycles. The molecule has 1 rings (SSSR count). The number of ether oxygens (including phenoxy) is 1. The van der Waals surface area contributed by atoms with Gasteiger partial charge in [-0.2, -0.15) is 0 Å². The summed E-state index contributed by atoms with van der Waals surface area (Å²) in [6.45, 7) is 10.5. The monoisotopic (exact) mass is 263 g/mol. The first kappa shape index (κ1) is 16.0. The van der Waals surface area contributed by atoms with Crippen LogP contribution in [-0.4, -0.2) is 18.7 Å². The highest BCUT2D eigenvalue weighted by molar-refractivity contribution is 5.27. The molecule has 0 atom stereocenters. The lowest BCUT2D eigenvalue weighted by molar-refractivity contribution is 0.298. The first-order chi connectivity index (χ1) is 9.01. The molecule has 19 heavy (non-hydrogen) atoms. The first-order valence-electron chi connectivity index (χ1n) is 7.48. The number of hydrogen-bond acceptors (Lipinski definition) is 2. The van der Waals surface area contributed by atoms with Gasteiger partial charge in [0.25, 0.3) is 0 Å². The standard InChI is InChI=1S/C17H29NO/c1-5-6-8-15-9-11-16(12-10-15)19-14-7-13-18-17(2,3)4/h9-12,18H,5-8,13-14H2,1-4H3. The van der Waals surface area contributed by atoms with Crippen LogP contribution in [0.1, 0.15) is 52.5 Å². The van der Waals surface area contributed by atoms with Crippen molar-refractivity contribution in [2.45, 2.75) is 58.9 Å². The van der Waals surface area contributed by atoms with E-state index >= 15 is 0 Å². The van der Waals surface area contributed by atoms with E-state index in [2.05, 4.69) is 57.3 Å². The summed E-state index contributed by atoms with van der Waals surface area (Å²) in [5, 5.41) is 3.46. The summed E-state index contributed by atoms with van der Waals surface area (Å²) in [5.74, 6) is 0.982. The van der Waals surface area contributed by atoms with Crippen LogP contribution in [0.5, 0.6) is 5.75 Å². The molecule has 1 aromatic rings. The van der Waals surface area contributed by atoms with Crippen molar-refractivity contribution in [2.75, 3.05) is 13.2 Å². The highest BCUT2D eigenvalue weighted by atomic mass is 16.5.